The largest absolute Gasteiger partial charge is 0.497 e. The highest BCUT2D eigenvalue weighted by Gasteiger charge is 2.23. The highest BCUT2D eigenvalue weighted by Crippen LogP contribution is 2.23. The van der Waals surface area contributed by atoms with E-state index in [1.54, 1.807) is 13.4 Å². The molecule has 1 fully saturated rings. The number of aliphatic imine (C=N–C) groups is 1. The van der Waals surface area contributed by atoms with Crippen LogP contribution < -0.4 is 15.4 Å². The predicted molar refractivity (Wildman–Crippen MR) is 125 cm³/mol. The first kappa shape index (κ1) is 23.5. The number of guanidine groups is 1. The minimum absolute atomic E-state index is 0. The van der Waals surface area contributed by atoms with E-state index >= 15 is 0 Å². The summed E-state index contributed by atoms with van der Waals surface area (Å²) in [7, 11) is 1.69. The zero-order chi connectivity index (χ0) is 19.6. The van der Waals surface area contributed by atoms with Crippen LogP contribution in [0.5, 0.6) is 5.75 Å². The molecule has 1 aliphatic heterocycles. The van der Waals surface area contributed by atoms with E-state index in [0.29, 0.717) is 6.54 Å². The normalized spacial score (nSPS) is 16.0. The summed E-state index contributed by atoms with van der Waals surface area (Å²) in [6.45, 7) is 7.47. The third-order valence-electron chi connectivity index (χ3n) is 4.77. The molecule has 2 N–H and O–H groups in total. The lowest BCUT2D eigenvalue weighted by molar-refractivity contribution is 0.0170. The van der Waals surface area contributed by atoms with Gasteiger partial charge in [-0.1, -0.05) is 12.1 Å². The Morgan fingerprint density at radius 2 is 1.93 bits per heavy atom. The number of hydrogen-bond acceptors (Lipinski definition) is 5. The number of hydrogen-bond donors (Lipinski definition) is 2. The topological polar surface area (TPSA) is 71.3 Å². The van der Waals surface area contributed by atoms with E-state index in [4.69, 9.17) is 13.9 Å². The van der Waals surface area contributed by atoms with Gasteiger partial charge < -0.3 is 24.5 Å². The van der Waals surface area contributed by atoms with Crippen molar-refractivity contribution in [2.45, 2.75) is 19.5 Å². The van der Waals surface area contributed by atoms with Crippen LogP contribution in [0.3, 0.4) is 0 Å². The minimum atomic E-state index is 0. The molecule has 2 aromatic rings. The van der Waals surface area contributed by atoms with E-state index in [0.717, 1.165) is 56.9 Å². The molecule has 7 nitrogen and oxygen atoms in total. The van der Waals surface area contributed by atoms with Crippen molar-refractivity contribution in [1.82, 2.24) is 15.5 Å². The van der Waals surface area contributed by atoms with Crippen LogP contribution in [0.1, 0.15) is 24.3 Å². The second-order valence-electron chi connectivity index (χ2n) is 6.59. The summed E-state index contributed by atoms with van der Waals surface area (Å²) in [6.07, 6.45) is 1.67. The molecule has 1 aromatic carbocycles. The van der Waals surface area contributed by atoms with Crippen LogP contribution in [-0.4, -0.2) is 57.4 Å². The molecule has 1 saturated heterocycles. The van der Waals surface area contributed by atoms with Crippen LogP contribution in [0.2, 0.25) is 0 Å². The summed E-state index contributed by atoms with van der Waals surface area (Å²) in [6, 6.07) is 12.3. The lowest BCUT2D eigenvalue weighted by Gasteiger charge is -2.35. The standard InChI is InChI=1S/C21H30N4O3.HI/c1-3-22-21(23-15-19-5-4-12-28-19)24-16-20(25-10-13-27-14-11-25)17-6-8-18(26-2)9-7-17;/h4-9,12,20H,3,10-11,13-16H2,1-2H3,(H2,22,23,24);1H. The highest BCUT2D eigenvalue weighted by molar-refractivity contribution is 14.0. The van der Waals surface area contributed by atoms with Gasteiger partial charge in [0.15, 0.2) is 5.96 Å². The van der Waals surface area contributed by atoms with Gasteiger partial charge in [0.25, 0.3) is 0 Å². The first-order chi connectivity index (χ1) is 13.8. The van der Waals surface area contributed by atoms with Crippen molar-refractivity contribution in [3.05, 3.63) is 54.0 Å². The molecule has 2 heterocycles. The molecule has 1 aromatic heterocycles. The summed E-state index contributed by atoms with van der Waals surface area (Å²) in [5.41, 5.74) is 1.25. The second-order valence-corrected chi connectivity index (χ2v) is 6.59. The zero-order valence-electron chi connectivity index (χ0n) is 17.1. The Kier molecular flexibility index (Phi) is 10.3. The number of furan rings is 1. The van der Waals surface area contributed by atoms with Crippen molar-refractivity contribution in [2.24, 2.45) is 4.99 Å². The number of rotatable bonds is 8. The summed E-state index contributed by atoms with van der Waals surface area (Å²) in [5, 5.41) is 6.80. The van der Waals surface area contributed by atoms with Crippen LogP contribution in [0, 0.1) is 0 Å². The molecule has 1 atom stereocenters. The zero-order valence-corrected chi connectivity index (χ0v) is 19.4. The summed E-state index contributed by atoms with van der Waals surface area (Å²) >= 11 is 0. The maximum Gasteiger partial charge on any atom is 0.191 e. The molecule has 0 radical (unpaired) electrons. The maximum absolute atomic E-state index is 5.54. The Hall–Kier alpha value is -1.78. The number of benzene rings is 1. The average molecular weight is 514 g/mol. The summed E-state index contributed by atoms with van der Waals surface area (Å²) in [4.78, 5) is 7.08. The van der Waals surface area contributed by atoms with Crippen molar-refractivity contribution < 1.29 is 13.9 Å². The number of nitrogens with zero attached hydrogens (tertiary/aromatic N) is 2. The van der Waals surface area contributed by atoms with Gasteiger partial charge in [-0.2, -0.15) is 0 Å². The lowest BCUT2D eigenvalue weighted by Crippen LogP contribution is -2.46. The number of methoxy groups -OCH3 is 1. The molecule has 3 rings (SSSR count). The van der Waals surface area contributed by atoms with Gasteiger partial charge in [-0.05, 0) is 36.8 Å². The van der Waals surface area contributed by atoms with Crippen molar-refractivity contribution in [3.8, 4) is 5.75 Å². The van der Waals surface area contributed by atoms with Crippen LogP contribution in [0.15, 0.2) is 52.1 Å². The second kappa shape index (κ2) is 12.7. The quantitative estimate of drug-likeness (QED) is 0.321. The Bertz CT molecular complexity index is 716. The first-order valence-electron chi connectivity index (χ1n) is 9.80. The number of morpholine rings is 1. The van der Waals surface area contributed by atoms with Gasteiger partial charge in [-0.25, -0.2) is 4.99 Å². The maximum atomic E-state index is 5.54. The number of ether oxygens (including phenoxy) is 2. The molecular formula is C21H31IN4O3. The van der Waals surface area contributed by atoms with Crippen LogP contribution in [-0.2, 0) is 11.3 Å². The molecule has 8 heteroatoms. The van der Waals surface area contributed by atoms with Gasteiger partial charge in [0.05, 0.1) is 32.6 Å². The molecule has 160 valence electrons. The number of halogens is 1. The van der Waals surface area contributed by atoms with E-state index in [1.165, 1.54) is 5.56 Å². The van der Waals surface area contributed by atoms with E-state index in [9.17, 15) is 0 Å². The Morgan fingerprint density at radius 3 is 2.55 bits per heavy atom. The molecule has 29 heavy (non-hydrogen) atoms. The third kappa shape index (κ3) is 7.20. The fourth-order valence-electron chi connectivity index (χ4n) is 3.27. The molecule has 0 bridgehead atoms. The molecule has 0 saturated carbocycles. The first-order valence-corrected chi connectivity index (χ1v) is 9.80. The SMILES string of the molecule is CCNC(=NCc1ccco1)NCC(c1ccc(OC)cc1)N1CCOCC1.I. The Balaban J connectivity index is 0.00000300. The molecule has 0 aliphatic carbocycles. The van der Waals surface area contributed by atoms with Gasteiger partial charge in [-0.15, -0.1) is 24.0 Å². The smallest absolute Gasteiger partial charge is 0.191 e. The van der Waals surface area contributed by atoms with Gasteiger partial charge in [0.1, 0.15) is 18.1 Å². The van der Waals surface area contributed by atoms with Crippen molar-refractivity contribution in [3.63, 3.8) is 0 Å². The van der Waals surface area contributed by atoms with Crippen molar-refractivity contribution in [1.29, 1.82) is 0 Å². The summed E-state index contributed by atoms with van der Waals surface area (Å²) < 4.78 is 16.2. The van der Waals surface area contributed by atoms with Gasteiger partial charge in [-0.3, -0.25) is 4.90 Å². The Morgan fingerprint density at radius 1 is 1.17 bits per heavy atom. The Labute approximate surface area is 189 Å². The van der Waals surface area contributed by atoms with E-state index in [1.807, 2.05) is 24.3 Å². The fourth-order valence-corrected chi connectivity index (χ4v) is 3.27. The van der Waals surface area contributed by atoms with E-state index in [-0.39, 0.29) is 30.0 Å². The van der Waals surface area contributed by atoms with Crippen molar-refractivity contribution in [2.75, 3.05) is 46.5 Å². The predicted octanol–water partition coefficient (Wildman–Crippen LogP) is 3.03. The van der Waals surface area contributed by atoms with Crippen molar-refractivity contribution >= 4 is 29.9 Å². The lowest BCUT2D eigenvalue weighted by atomic mass is 10.0. The molecule has 1 unspecified atom stereocenters. The van der Waals surface area contributed by atoms with E-state index < -0.39 is 0 Å². The van der Waals surface area contributed by atoms with Crippen LogP contribution >= 0.6 is 24.0 Å². The fraction of sp³-hybridized carbons (Fsp3) is 0.476. The van der Waals surface area contributed by atoms with Gasteiger partial charge >= 0.3 is 0 Å². The molecular weight excluding hydrogens is 483 g/mol. The average Bonchev–Trinajstić information content (AvgIpc) is 3.27. The molecule has 0 amide bonds. The van der Waals surface area contributed by atoms with Crippen LogP contribution in [0.4, 0.5) is 0 Å². The van der Waals surface area contributed by atoms with E-state index in [2.05, 4.69) is 39.6 Å². The highest BCUT2D eigenvalue weighted by atomic mass is 127. The minimum Gasteiger partial charge on any atom is -0.497 e. The summed E-state index contributed by atoms with van der Waals surface area (Å²) in [5.74, 6) is 2.49. The number of nitrogens with one attached hydrogen (secondary N) is 2. The van der Waals surface area contributed by atoms with Gasteiger partial charge in [0, 0.05) is 26.2 Å². The van der Waals surface area contributed by atoms with Crippen LogP contribution in [0.25, 0.3) is 0 Å². The third-order valence-corrected chi connectivity index (χ3v) is 4.77. The monoisotopic (exact) mass is 514 g/mol. The molecule has 0 spiro atoms. The van der Waals surface area contributed by atoms with Gasteiger partial charge in [0.2, 0.25) is 0 Å². The molecule has 1 aliphatic rings.